The average Bonchev–Trinajstić information content (AvgIpc) is 3.56. The molecule has 1 saturated heterocycles. The second-order valence-electron chi connectivity index (χ2n) is 8.71. The summed E-state index contributed by atoms with van der Waals surface area (Å²) in [7, 11) is 1.91. The first-order valence-electron chi connectivity index (χ1n) is 11.3. The monoisotopic (exact) mass is 509 g/mol. The fraction of sp³-hybridized carbons (Fsp3) is 0.280. The number of aromatic nitrogens is 5. The van der Waals surface area contributed by atoms with Gasteiger partial charge in [-0.25, -0.2) is 15.0 Å². The highest BCUT2D eigenvalue weighted by molar-refractivity contribution is 5.93. The SMILES string of the molecule is C=CC(=O)N1C[C@@H](n2cc(C#Cc3ccc4c(c3)ncn4C)c3c(N)ncnc32)C[C@@H]1COC(F)(F)F. The third-order valence-corrected chi connectivity index (χ3v) is 6.39. The van der Waals surface area contributed by atoms with E-state index in [-0.39, 0.29) is 24.8 Å². The minimum absolute atomic E-state index is 0.146. The van der Waals surface area contributed by atoms with Gasteiger partial charge in [-0.2, -0.15) is 0 Å². The van der Waals surface area contributed by atoms with E-state index in [9.17, 15) is 18.0 Å². The summed E-state index contributed by atoms with van der Waals surface area (Å²) in [6.45, 7) is 2.93. The van der Waals surface area contributed by atoms with E-state index >= 15 is 0 Å². The maximum absolute atomic E-state index is 12.7. The van der Waals surface area contributed by atoms with Gasteiger partial charge in [-0.15, -0.1) is 13.2 Å². The zero-order chi connectivity index (χ0) is 26.3. The Morgan fingerprint density at radius 3 is 2.86 bits per heavy atom. The molecule has 1 amide bonds. The number of hydrogen-bond donors (Lipinski definition) is 1. The smallest absolute Gasteiger partial charge is 0.383 e. The Balaban J connectivity index is 1.51. The molecule has 9 nitrogen and oxygen atoms in total. The third-order valence-electron chi connectivity index (χ3n) is 6.39. The summed E-state index contributed by atoms with van der Waals surface area (Å²) in [5.41, 5.74) is 9.74. The van der Waals surface area contributed by atoms with Crippen LogP contribution in [0.2, 0.25) is 0 Å². The van der Waals surface area contributed by atoms with Crippen molar-refractivity contribution >= 4 is 33.8 Å². The van der Waals surface area contributed by atoms with Crippen molar-refractivity contribution < 1.29 is 22.7 Å². The van der Waals surface area contributed by atoms with Gasteiger partial charge in [0.05, 0.1) is 47.0 Å². The summed E-state index contributed by atoms with van der Waals surface area (Å²) in [5.74, 6) is 5.99. The molecule has 0 radical (unpaired) electrons. The molecule has 0 saturated carbocycles. The van der Waals surface area contributed by atoms with Crippen LogP contribution in [0.15, 0.2) is 49.7 Å². The summed E-state index contributed by atoms with van der Waals surface area (Å²) in [6, 6.07) is 4.51. The number of aryl methyl sites for hydroxylation is 1. The molecule has 2 atom stereocenters. The lowest BCUT2D eigenvalue weighted by Gasteiger charge is -2.23. The lowest BCUT2D eigenvalue weighted by molar-refractivity contribution is -0.327. The number of likely N-dealkylation sites (tertiary alicyclic amines) is 1. The van der Waals surface area contributed by atoms with Crippen LogP contribution in [0.5, 0.6) is 0 Å². The van der Waals surface area contributed by atoms with E-state index in [0.29, 0.717) is 16.6 Å². The Kier molecular flexibility index (Phi) is 6.08. The largest absolute Gasteiger partial charge is 0.522 e. The molecule has 37 heavy (non-hydrogen) atoms. The van der Waals surface area contributed by atoms with Crippen molar-refractivity contribution in [2.24, 2.45) is 7.05 Å². The van der Waals surface area contributed by atoms with Crippen LogP contribution >= 0.6 is 0 Å². The number of imidazole rings is 1. The summed E-state index contributed by atoms with van der Waals surface area (Å²) < 4.78 is 45.9. The number of carbonyl (C=O) groups excluding carboxylic acids is 1. The Labute approximate surface area is 209 Å². The number of carbonyl (C=O) groups is 1. The second-order valence-corrected chi connectivity index (χ2v) is 8.71. The summed E-state index contributed by atoms with van der Waals surface area (Å²) in [4.78, 5) is 26.5. The molecule has 1 fully saturated rings. The second kappa shape index (κ2) is 9.25. The number of benzene rings is 1. The Morgan fingerprint density at radius 2 is 2.11 bits per heavy atom. The average molecular weight is 509 g/mol. The fourth-order valence-electron chi connectivity index (χ4n) is 4.66. The number of alkyl halides is 3. The van der Waals surface area contributed by atoms with Crippen LogP contribution in [0.25, 0.3) is 22.1 Å². The molecule has 4 aromatic rings. The number of ether oxygens (including phenoxy) is 1. The maximum Gasteiger partial charge on any atom is 0.522 e. The Bertz CT molecular complexity index is 1580. The summed E-state index contributed by atoms with van der Waals surface area (Å²) in [6.07, 6.45) is 1.27. The standard InChI is InChI=1S/C25H22F3N7O2/c1-3-21(36)34-11-17(9-18(34)12-37-25(26,27)28)35-10-16(22-23(29)30-13-31-24(22)35)6-4-15-5-7-20-19(8-15)32-14-33(20)2/h3,5,7-8,10,13-14,17-18H,1,9,11-12H2,2H3,(H2,29,30,31)/t17-,18+/m0/s1. The van der Waals surface area contributed by atoms with E-state index in [2.05, 4.69) is 38.1 Å². The van der Waals surface area contributed by atoms with E-state index in [4.69, 9.17) is 5.73 Å². The first kappa shape index (κ1) is 24.3. The van der Waals surface area contributed by atoms with Gasteiger partial charge in [0.1, 0.15) is 17.8 Å². The van der Waals surface area contributed by atoms with Crippen LogP contribution in [0, 0.1) is 11.8 Å². The Morgan fingerprint density at radius 1 is 1.30 bits per heavy atom. The van der Waals surface area contributed by atoms with Crippen molar-refractivity contribution in [3.8, 4) is 11.8 Å². The first-order valence-corrected chi connectivity index (χ1v) is 11.3. The topological polar surface area (TPSA) is 104 Å². The van der Waals surface area contributed by atoms with E-state index in [0.717, 1.165) is 22.7 Å². The highest BCUT2D eigenvalue weighted by atomic mass is 19.4. The first-order chi connectivity index (χ1) is 17.6. The van der Waals surface area contributed by atoms with Gasteiger partial charge in [0.25, 0.3) is 0 Å². The molecule has 4 heterocycles. The van der Waals surface area contributed by atoms with Gasteiger partial charge >= 0.3 is 6.36 Å². The highest BCUT2D eigenvalue weighted by Gasteiger charge is 2.39. The number of anilines is 1. The third kappa shape index (κ3) is 4.73. The van der Waals surface area contributed by atoms with Crippen LogP contribution in [0.1, 0.15) is 23.6 Å². The van der Waals surface area contributed by atoms with Crippen molar-refractivity contribution in [1.29, 1.82) is 0 Å². The van der Waals surface area contributed by atoms with Gasteiger partial charge in [-0.3, -0.25) is 9.53 Å². The van der Waals surface area contributed by atoms with Gasteiger partial charge in [-0.05, 0) is 30.7 Å². The number of fused-ring (bicyclic) bond motifs is 2. The predicted molar refractivity (Wildman–Crippen MR) is 130 cm³/mol. The van der Waals surface area contributed by atoms with Gasteiger partial charge < -0.3 is 19.8 Å². The van der Waals surface area contributed by atoms with Crippen molar-refractivity contribution in [3.63, 3.8) is 0 Å². The summed E-state index contributed by atoms with van der Waals surface area (Å²) in [5, 5.41) is 0.533. The van der Waals surface area contributed by atoms with Crippen molar-refractivity contribution in [1.82, 2.24) is 29.0 Å². The number of nitrogens with zero attached hydrogens (tertiary/aromatic N) is 6. The minimum atomic E-state index is -4.80. The molecule has 2 N–H and O–H groups in total. The number of amides is 1. The molecule has 0 bridgehead atoms. The number of nitrogen functional groups attached to an aromatic ring is 1. The van der Waals surface area contributed by atoms with Gasteiger partial charge in [0.2, 0.25) is 5.91 Å². The molecule has 0 aliphatic carbocycles. The van der Waals surface area contributed by atoms with Crippen LogP contribution in [-0.4, -0.2) is 60.4 Å². The van der Waals surface area contributed by atoms with Crippen LogP contribution in [-0.2, 0) is 16.6 Å². The number of nitrogens with two attached hydrogens (primary N) is 1. The zero-order valence-electron chi connectivity index (χ0n) is 19.7. The van der Waals surface area contributed by atoms with Crippen LogP contribution in [0.3, 0.4) is 0 Å². The van der Waals surface area contributed by atoms with Gasteiger partial charge in [-0.1, -0.05) is 18.4 Å². The van der Waals surface area contributed by atoms with Crippen molar-refractivity contribution in [2.75, 3.05) is 18.9 Å². The van der Waals surface area contributed by atoms with Crippen LogP contribution in [0.4, 0.5) is 19.0 Å². The Hall–Kier alpha value is -4.37. The van der Waals surface area contributed by atoms with Crippen molar-refractivity contribution in [2.45, 2.75) is 24.9 Å². The molecular formula is C25H22F3N7O2. The molecule has 190 valence electrons. The number of hydrogen-bond acceptors (Lipinski definition) is 6. The lowest BCUT2D eigenvalue weighted by Crippen LogP contribution is -2.38. The molecule has 1 aliphatic rings. The summed E-state index contributed by atoms with van der Waals surface area (Å²) >= 11 is 0. The maximum atomic E-state index is 12.7. The molecule has 12 heteroatoms. The molecular weight excluding hydrogens is 487 g/mol. The number of halogens is 3. The highest BCUT2D eigenvalue weighted by Crippen LogP contribution is 2.34. The van der Waals surface area contributed by atoms with E-state index in [1.54, 1.807) is 17.1 Å². The van der Waals surface area contributed by atoms with Gasteiger partial charge in [0.15, 0.2) is 0 Å². The minimum Gasteiger partial charge on any atom is -0.383 e. The van der Waals surface area contributed by atoms with Gasteiger partial charge in [0, 0.05) is 25.4 Å². The molecule has 1 aliphatic heterocycles. The zero-order valence-corrected chi connectivity index (χ0v) is 19.7. The van der Waals surface area contributed by atoms with E-state index in [1.807, 2.05) is 29.8 Å². The molecule has 0 unspecified atom stereocenters. The van der Waals surface area contributed by atoms with E-state index in [1.165, 1.54) is 11.2 Å². The van der Waals surface area contributed by atoms with Crippen LogP contribution < -0.4 is 5.73 Å². The van der Waals surface area contributed by atoms with Crippen molar-refractivity contribution in [3.05, 3.63) is 60.8 Å². The van der Waals surface area contributed by atoms with E-state index < -0.39 is 24.9 Å². The molecule has 3 aromatic heterocycles. The fourth-order valence-corrected chi connectivity index (χ4v) is 4.66. The lowest BCUT2D eigenvalue weighted by atomic mass is 10.1. The number of rotatable bonds is 4. The molecule has 5 rings (SSSR count). The quantitative estimate of drug-likeness (QED) is 0.335. The predicted octanol–water partition coefficient (Wildman–Crippen LogP) is 3.16. The normalized spacial score (nSPS) is 17.8. The molecule has 1 aromatic carbocycles. The molecule has 0 spiro atoms.